The van der Waals surface area contributed by atoms with Gasteiger partial charge in [0.25, 0.3) is 0 Å². The number of fused-ring (bicyclic) bond motifs is 1. The fourth-order valence-electron chi connectivity index (χ4n) is 2.60. The Kier molecular flexibility index (Phi) is 4.26. The zero-order valence-electron chi connectivity index (χ0n) is 13.2. The first-order valence-electron chi connectivity index (χ1n) is 7.86. The minimum Gasteiger partial charge on any atom is -0.0651 e. The minimum atomic E-state index is 1.06. The lowest BCUT2D eigenvalue weighted by atomic mass is 10.0. The number of rotatable bonds is 2. The molecule has 22 heavy (non-hydrogen) atoms. The van der Waals surface area contributed by atoms with Crippen LogP contribution in [0.5, 0.6) is 0 Å². The molecule has 0 spiro atoms. The molecule has 3 aromatic rings. The molecule has 0 nitrogen and oxygen atoms in total. The van der Waals surface area contributed by atoms with Crippen molar-refractivity contribution in [3.05, 3.63) is 82.9 Å². The zero-order chi connectivity index (χ0) is 15.4. The molecule has 0 saturated heterocycles. The summed E-state index contributed by atoms with van der Waals surface area (Å²) in [7, 11) is 0. The highest BCUT2D eigenvalue weighted by atomic mass is 14.0. The first-order chi connectivity index (χ1) is 10.7. The first-order valence-corrected chi connectivity index (χ1v) is 7.86. The van der Waals surface area contributed by atoms with Crippen LogP contribution in [0.1, 0.15) is 35.6 Å². The van der Waals surface area contributed by atoms with E-state index in [0.29, 0.717) is 0 Å². The van der Waals surface area contributed by atoms with Crippen LogP contribution in [0, 0.1) is 18.8 Å². The molecule has 0 fully saturated rings. The smallest absolute Gasteiger partial charge is 0.0255 e. The molecular formula is C22H20. The lowest BCUT2D eigenvalue weighted by molar-refractivity contribution is 0.924. The molecule has 3 rings (SSSR count). The number of aryl methyl sites for hydroxylation is 2. The summed E-state index contributed by atoms with van der Waals surface area (Å²) in [5.41, 5.74) is 4.80. The summed E-state index contributed by atoms with van der Waals surface area (Å²) in [6.45, 7) is 4.31. The predicted molar refractivity (Wildman–Crippen MR) is 95.1 cm³/mol. The molecule has 0 bridgehead atoms. The summed E-state index contributed by atoms with van der Waals surface area (Å²) in [5.74, 6) is 6.50. The Hall–Kier alpha value is -2.52. The fourth-order valence-corrected chi connectivity index (χ4v) is 2.60. The zero-order valence-corrected chi connectivity index (χ0v) is 13.2. The monoisotopic (exact) mass is 284 g/mol. The lowest BCUT2D eigenvalue weighted by Gasteiger charge is -2.03. The van der Waals surface area contributed by atoms with Crippen LogP contribution < -0.4 is 0 Å². The van der Waals surface area contributed by atoms with Crippen LogP contribution in [0.2, 0.25) is 0 Å². The molecule has 0 heterocycles. The molecule has 0 heteroatoms. The van der Waals surface area contributed by atoms with Gasteiger partial charge < -0.3 is 0 Å². The SMILES string of the molecule is CCCc1ccc2cc(C#Cc3ccc(C)cc3)ccc2c1. The second-order valence-electron chi connectivity index (χ2n) is 5.76. The summed E-state index contributed by atoms with van der Waals surface area (Å²) >= 11 is 0. The maximum atomic E-state index is 3.26. The average molecular weight is 284 g/mol. The van der Waals surface area contributed by atoms with Crippen molar-refractivity contribution in [1.82, 2.24) is 0 Å². The predicted octanol–water partition coefficient (Wildman–Crippen LogP) is 5.50. The second-order valence-corrected chi connectivity index (χ2v) is 5.76. The molecule has 0 aromatic heterocycles. The Morgan fingerprint density at radius 2 is 1.36 bits per heavy atom. The van der Waals surface area contributed by atoms with Crippen molar-refractivity contribution in [3.8, 4) is 11.8 Å². The van der Waals surface area contributed by atoms with Crippen molar-refractivity contribution in [2.75, 3.05) is 0 Å². The van der Waals surface area contributed by atoms with Gasteiger partial charge in [0.15, 0.2) is 0 Å². The molecule has 108 valence electrons. The van der Waals surface area contributed by atoms with Crippen molar-refractivity contribution in [3.63, 3.8) is 0 Å². The topological polar surface area (TPSA) is 0 Å². The third-order valence-electron chi connectivity index (χ3n) is 3.85. The van der Waals surface area contributed by atoms with Gasteiger partial charge in [-0.1, -0.05) is 67.1 Å². The van der Waals surface area contributed by atoms with E-state index >= 15 is 0 Å². The maximum absolute atomic E-state index is 3.26. The lowest BCUT2D eigenvalue weighted by Crippen LogP contribution is -1.84. The van der Waals surface area contributed by atoms with Gasteiger partial charge in [-0.25, -0.2) is 0 Å². The van der Waals surface area contributed by atoms with Crippen LogP contribution in [-0.4, -0.2) is 0 Å². The Bertz CT molecular complexity index is 843. The van der Waals surface area contributed by atoms with Crippen molar-refractivity contribution >= 4 is 10.8 Å². The quantitative estimate of drug-likeness (QED) is 0.545. The molecule has 0 amide bonds. The van der Waals surface area contributed by atoms with E-state index in [1.807, 2.05) is 0 Å². The molecule has 0 saturated carbocycles. The third kappa shape index (κ3) is 3.38. The Balaban J connectivity index is 1.89. The first kappa shape index (κ1) is 14.4. The summed E-state index contributed by atoms with van der Waals surface area (Å²) in [5, 5.41) is 2.56. The number of hydrogen-bond acceptors (Lipinski definition) is 0. The standard InChI is InChI=1S/C22H20/c1-3-4-19-11-13-22-16-20(12-14-21(22)15-19)10-9-18-7-5-17(2)6-8-18/h5-8,11-16H,3-4H2,1-2H3. The van der Waals surface area contributed by atoms with Crippen LogP contribution in [0.15, 0.2) is 60.7 Å². The number of benzene rings is 3. The second kappa shape index (κ2) is 6.50. The Labute approximate surface area is 132 Å². The summed E-state index contributed by atoms with van der Waals surface area (Å²) in [6, 6.07) is 21.5. The van der Waals surface area contributed by atoms with Crippen molar-refractivity contribution in [2.24, 2.45) is 0 Å². The van der Waals surface area contributed by atoms with Gasteiger partial charge in [0.1, 0.15) is 0 Å². The van der Waals surface area contributed by atoms with Gasteiger partial charge in [-0.2, -0.15) is 0 Å². The van der Waals surface area contributed by atoms with Gasteiger partial charge in [0.2, 0.25) is 0 Å². The van der Waals surface area contributed by atoms with E-state index in [1.54, 1.807) is 0 Å². The van der Waals surface area contributed by atoms with E-state index in [9.17, 15) is 0 Å². The van der Waals surface area contributed by atoms with E-state index in [-0.39, 0.29) is 0 Å². The van der Waals surface area contributed by atoms with Gasteiger partial charge in [-0.05, 0) is 53.9 Å². The van der Waals surface area contributed by atoms with E-state index in [1.165, 1.54) is 28.3 Å². The average Bonchev–Trinajstić information content (AvgIpc) is 2.54. The van der Waals surface area contributed by atoms with Crippen LogP contribution in [0.3, 0.4) is 0 Å². The number of hydrogen-bond donors (Lipinski definition) is 0. The molecular weight excluding hydrogens is 264 g/mol. The van der Waals surface area contributed by atoms with Crippen LogP contribution in [0.4, 0.5) is 0 Å². The van der Waals surface area contributed by atoms with E-state index in [2.05, 4.69) is 86.4 Å². The molecule has 0 radical (unpaired) electrons. The fraction of sp³-hybridized carbons (Fsp3) is 0.182. The summed E-state index contributed by atoms with van der Waals surface area (Å²) in [6.07, 6.45) is 2.33. The highest BCUT2D eigenvalue weighted by Crippen LogP contribution is 2.18. The van der Waals surface area contributed by atoms with Crippen LogP contribution in [-0.2, 0) is 6.42 Å². The molecule has 0 aliphatic heterocycles. The Morgan fingerprint density at radius 1 is 0.727 bits per heavy atom. The summed E-state index contributed by atoms with van der Waals surface area (Å²) in [4.78, 5) is 0. The van der Waals surface area contributed by atoms with E-state index in [4.69, 9.17) is 0 Å². The molecule has 0 unspecified atom stereocenters. The molecule has 0 atom stereocenters. The van der Waals surface area contributed by atoms with E-state index < -0.39 is 0 Å². The minimum absolute atomic E-state index is 1.06. The summed E-state index contributed by atoms with van der Waals surface area (Å²) < 4.78 is 0. The highest BCUT2D eigenvalue weighted by molar-refractivity contribution is 5.84. The van der Waals surface area contributed by atoms with Crippen LogP contribution in [0.25, 0.3) is 10.8 Å². The van der Waals surface area contributed by atoms with Crippen LogP contribution >= 0.6 is 0 Å². The molecule has 3 aromatic carbocycles. The molecule has 0 aliphatic carbocycles. The maximum Gasteiger partial charge on any atom is 0.0255 e. The Morgan fingerprint density at radius 3 is 2.14 bits per heavy atom. The van der Waals surface area contributed by atoms with Gasteiger partial charge >= 0.3 is 0 Å². The van der Waals surface area contributed by atoms with Crippen molar-refractivity contribution in [2.45, 2.75) is 26.7 Å². The third-order valence-corrected chi connectivity index (χ3v) is 3.85. The van der Waals surface area contributed by atoms with Gasteiger partial charge in [-0.3, -0.25) is 0 Å². The van der Waals surface area contributed by atoms with E-state index in [0.717, 1.165) is 17.5 Å². The largest absolute Gasteiger partial charge is 0.0651 e. The molecule has 0 N–H and O–H groups in total. The molecule has 0 aliphatic rings. The van der Waals surface area contributed by atoms with Gasteiger partial charge in [0, 0.05) is 11.1 Å². The van der Waals surface area contributed by atoms with Gasteiger partial charge in [-0.15, -0.1) is 0 Å². The van der Waals surface area contributed by atoms with Crippen molar-refractivity contribution < 1.29 is 0 Å². The highest BCUT2D eigenvalue weighted by Gasteiger charge is 1.97. The van der Waals surface area contributed by atoms with Gasteiger partial charge in [0.05, 0.1) is 0 Å². The van der Waals surface area contributed by atoms with Crippen molar-refractivity contribution in [1.29, 1.82) is 0 Å². The normalized spacial score (nSPS) is 10.3.